The van der Waals surface area contributed by atoms with Crippen LogP contribution in [0.3, 0.4) is 0 Å². The van der Waals surface area contributed by atoms with E-state index in [1.54, 1.807) is 12.1 Å². The van der Waals surface area contributed by atoms with E-state index in [2.05, 4.69) is 22.8 Å². The average Bonchev–Trinajstić information content (AvgIpc) is 2.76. The van der Waals surface area contributed by atoms with Gasteiger partial charge in [0.25, 0.3) is 0 Å². The molecule has 2 atom stereocenters. The summed E-state index contributed by atoms with van der Waals surface area (Å²) >= 11 is 5.66. The van der Waals surface area contributed by atoms with Crippen molar-refractivity contribution in [2.45, 2.75) is 38.0 Å². The highest BCUT2D eigenvalue weighted by Crippen LogP contribution is 2.44. The van der Waals surface area contributed by atoms with Gasteiger partial charge in [-0.15, -0.1) is 11.6 Å². The molecular weight excluding hydrogens is 420 g/mol. The molecule has 0 fully saturated rings. The maximum absolute atomic E-state index is 11.9. The molecule has 168 valence electrons. The van der Waals surface area contributed by atoms with E-state index >= 15 is 0 Å². The van der Waals surface area contributed by atoms with Crippen molar-refractivity contribution in [1.29, 1.82) is 0 Å². The maximum atomic E-state index is 11.9. The van der Waals surface area contributed by atoms with Gasteiger partial charge in [0.05, 0.1) is 11.7 Å². The molecule has 8 heteroatoms. The molecule has 0 saturated carbocycles. The molecule has 3 N–H and O–H groups in total. The Morgan fingerprint density at radius 1 is 1.26 bits per heavy atom. The van der Waals surface area contributed by atoms with Gasteiger partial charge in [-0.25, -0.2) is 0 Å². The molecule has 1 aliphatic heterocycles. The summed E-state index contributed by atoms with van der Waals surface area (Å²) in [5, 5.41) is 17.2. The molecule has 1 aliphatic rings. The second-order valence-electron chi connectivity index (χ2n) is 7.94. The van der Waals surface area contributed by atoms with Crippen molar-refractivity contribution in [1.82, 2.24) is 5.32 Å². The zero-order valence-electron chi connectivity index (χ0n) is 18.0. The van der Waals surface area contributed by atoms with Crippen LogP contribution in [-0.4, -0.2) is 49.0 Å². The molecule has 3 rings (SSSR count). The molecule has 7 nitrogen and oxygen atoms in total. The van der Waals surface area contributed by atoms with Crippen LogP contribution in [0.15, 0.2) is 42.5 Å². The van der Waals surface area contributed by atoms with Gasteiger partial charge in [-0.2, -0.15) is 0 Å². The third-order valence-corrected chi connectivity index (χ3v) is 5.44. The lowest BCUT2D eigenvalue weighted by atomic mass is 9.86. The van der Waals surface area contributed by atoms with Crippen molar-refractivity contribution in [2.24, 2.45) is 0 Å². The Morgan fingerprint density at radius 2 is 2.00 bits per heavy atom. The lowest BCUT2D eigenvalue weighted by Crippen LogP contribution is -2.52. The van der Waals surface area contributed by atoms with Gasteiger partial charge in [-0.05, 0) is 38.4 Å². The van der Waals surface area contributed by atoms with Crippen molar-refractivity contribution >= 4 is 23.2 Å². The molecule has 0 bridgehead atoms. The summed E-state index contributed by atoms with van der Waals surface area (Å²) in [4.78, 5) is 11.9. The highest BCUT2D eigenvalue weighted by atomic mass is 35.5. The highest BCUT2D eigenvalue weighted by molar-refractivity contribution is 6.29. The van der Waals surface area contributed by atoms with Crippen LogP contribution in [-0.2, 0) is 16.0 Å². The summed E-state index contributed by atoms with van der Waals surface area (Å²) in [7, 11) is 1.51. The molecule has 1 heterocycles. The number of benzene rings is 2. The molecule has 0 saturated heterocycles. The second-order valence-corrected chi connectivity index (χ2v) is 8.20. The van der Waals surface area contributed by atoms with Crippen LogP contribution < -0.4 is 20.1 Å². The monoisotopic (exact) mass is 448 g/mol. The largest absolute Gasteiger partial charge is 0.485 e. The van der Waals surface area contributed by atoms with Gasteiger partial charge < -0.3 is 30.0 Å². The van der Waals surface area contributed by atoms with E-state index in [1.807, 2.05) is 32.0 Å². The molecule has 2 aromatic carbocycles. The van der Waals surface area contributed by atoms with Crippen LogP contribution in [0, 0.1) is 0 Å². The van der Waals surface area contributed by atoms with Gasteiger partial charge >= 0.3 is 0 Å². The van der Waals surface area contributed by atoms with Gasteiger partial charge in [0, 0.05) is 18.7 Å². The predicted molar refractivity (Wildman–Crippen MR) is 120 cm³/mol. The van der Waals surface area contributed by atoms with E-state index in [9.17, 15) is 9.90 Å². The standard InChI is InChI=1S/C23H29ClN2O5/c1-23(2)22(28)21(25-10-9-15-7-5-4-6-8-15)16-11-17(26-20(27)13-24)19(30-14-29-3)12-18(16)31-23/h4-8,11-12,21-22,25,28H,9-10,13-14H2,1-3H3,(H,26,27)/t21-,22+/m0/s1. The number of aliphatic hydroxyl groups is 1. The summed E-state index contributed by atoms with van der Waals surface area (Å²) in [6, 6.07) is 13.2. The number of ether oxygens (including phenoxy) is 3. The Bertz CT molecular complexity index is 891. The first-order chi connectivity index (χ1) is 14.9. The minimum Gasteiger partial charge on any atom is -0.485 e. The van der Waals surface area contributed by atoms with Gasteiger partial charge in [-0.3, -0.25) is 4.79 Å². The molecule has 0 radical (unpaired) electrons. The van der Waals surface area contributed by atoms with Gasteiger partial charge in [0.2, 0.25) is 5.91 Å². The third kappa shape index (κ3) is 5.68. The number of alkyl halides is 1. The van der Waals surface area contributed by atoms with Crippen molar-refractivity contribution < 1.29 is 24.1 Å². The molecular formula is C23H29ClN2O5. The summed E-state index contributed by atoms with van der Waals surface area (Å²) in [6.07, 6.45) is 0.00375. The van der Waals surface area contributed by atoms with E-state index in [1.165, 1.54) is 12.7 Å². The van der Waals surface area contributed by atoms with Gasteiger partial charge in [0.15, 0.2) is 6.79 Å². The fraction of sp³-hybridized carbons (Fsp3) is 0.435. The van der Waals surface area contributed by atoms with Crippen LogP contribution in [0.2, 0.25) is 0 Å². The summed E-state index contributed by atoms with van der Waals surface area (Å²) < 4.78 is 16.7. The van der Waals surface area contributed by atoms with Crippen LogP contribution in [0.1, 0.15) is 31.0 Å². The fourth-order valence-corrected chi connectivity index (χ4v) is 3.65. The van der Waals surface area contributed by atoms with Gasteiger partial charge in [0.1, 0.15) is 29.1 Å². The normalized spacial score (nSPS) is 19.3. The second kappa shape index (κ2) is 10.3. The Kier molecular flexibility index (Phi) is 7.78. The van der Waals surface area contributed by atoms with Crippen molar-refractivity contribution in [3.63, 3.8) is 0 Å². The molecule has 0 spiro atoms. The smallest absolute Gasteiger partial charge is 0.239 e. The first-order valence-electron chi connectivity index (χ1n) is 10.2. The number of hydrogen-bond donors (Lipinski definition) is 3. The SMILES string of the molecule is COCOc1cc2c(cc1NC(=O)CCl)[C@H](NCCc1ccccc1)[C@@H](O)C(C)(C)O2. The maximum Gasteiger partial charge on any atom is 0.239 e. The summed E-state index contributed by atoms with van der Waals surface area (Å²) in [5.41, 5.74) is 1.55. The molecule has 0 unspecified atom stereocenters. The fourth-order valence-electron chi connectivity index (χ4n) is 3.59. The van der Waals surface area contributed by atoms with E-state index in [4.69, 9.17) is 25.8 Å². The predicted octanol–water partition coefficient (Wildman–Crippen LogP) is 3.25. The molecule has 2 aromatic rings. The van der Waals surface area contributed by atoms with Crippen LogP contribution in [0.5, 0.6) is 11.5 Å². The third-order valence-electron chi connectivity index (χ3n) is 5.20. The Labute approximate surface area is 187 Å². The first kappa shape index (κ1) is 23.3. The summed E-state index contributed by atoms with van der Waals surface area (Å²) in [5.74, 6) is 0.415. The van der Waals surface area contributed by atoms with Crippen LogP contribution in [0.25, 0.3) is 0 Å². The Morgan fingerprint density at radius 3 is 2.68 bits per heavy atom. The van der Waals surface area contributed by atoms with E-state index in [0.29, 0.717) is 23.7 Å². The van der Waals surface area contributed by atoms with Gasteiger partial charge in [-0.1, -0.05) is 30.3 Å². The Hall–Kier alpha value is -2.32. The zero-order valence-corrected chi connectivity index (χ0v) is 18.7. The number of anilines is 1. The van der Waals surface area contributed by atoms with Crippen molar-refractivity contribution in [3.05, 3.63) is 53.6 Å². The van der Waals surface area contributed by atoms with Crippen molar-refractivity contribution in [3.8, 4) is 11.5 Å². The van der Waals surface area contributed by atoms with E-state index in [0.717, 1.165) is 12.0 Å². The number of methoxy groups -OCH3 is 1. The lowest BCUT2D eigenvalue weighted by molar-refractivity contribution is -0.114. The van der Waals surface area contributed by atoms with Crippen LogP contribution in [0.4, 0.5) is 5.69 Å². The topological polar surface area (TPSA) is 89.1 Å². The highest BCUT2D eigenvalue weighted by Gasteiger charge is 2.43. The number of carbonyl (C=O) groups excluding carboxylic acids is 1. The first-order valence-corrected chi connectivity index (χ1v) is 10.7. The van der Waals surface area contributed by atoms with Crippen molar-refractivity contribution in [2.75, 3.05) is 31.6 Å². The van der Waals surface area contributed by atoms with E-state index < -0.39 is 17.7 Å². The van der Waals surface area contributed by atoms with Crippen LogP contribution >= 0.6 is 11.6 Å². The average molecular weight is 449 g/mol. The number of hydrogen-bond acceptors (Lipinski definition) is 6. The Balaban J connectivity index is 1.90. The summed E-state index contributed by atoms with van der Waals surface area (Å²) in [6.45, 7) is 4.34. The molecule has 1 amide bonds. The number of aliphatic hydroxyl groups excluding tert-OH is 1. The van der Waals surface area contributed by atoms with E-state index in [-0.39, 0.29) is 18.6 Å². The molecule has 31 heavy (non-hydrogen) atoms. The number of nitrogens with one attached hydrogen (secondary N) is 2. The number of rotatable bonds is 9. The minimum atomic E-state index is -0.823. The quantitative estimate of drug-likeness (QED) is 0.403. The number of halogens is 1. The number of amides is 1. The number of carbonyl (C=O) groups is 1. The number of fused-ring (bicyclic) bond motifs is 1. The zero-order chi connectivity index (χ0) is 22.4. The molecule has 0 aromatic heterocycles. The minimum absolute atomic E-state index is 0.00725. The lowest BCUT2D eigenvalue weighted by Gasteiger charge is -2.42. The molecule has 0 aliphatic carbocycles.